The number of alkyl halides is 1. The summed E-state index contributed by atoms with van der Waals surface area (Å²) in [5, 5.41) is 11.4. The van der Waals surface area contributed by atoms with Crippen molar-refractivity contribution in [2.75, 3.05) is 86.5 Å². The van der Waals surface area contributed by atoms with Gasteiger partial charge in [-0.15, -0.1) is 11.6 Å². The molecule has 0 amide bonds. The zero-order valence-electron chi connectivity index (χ0n) is 49.0. The zero-order valence-corrected chi connectivity index (χ0v) is 62.0. The van der Waals surface area contributed by atoms with E-state index in [-0.39, 0.29) is 60.0 Å². The first-order valence-corrected chi connectivity index (χ1v) is 45.5. The van der Waals surface area contributed by atoms with Crippen LogP contribution >= 0.6 is 71.5 Å². The number of ether oxygens (including phenoxy) is 3. The third kappa shape index (κ3) is 27.3. The van der Waals surface area contributed by atoms with Gasteiger partial charge in [-0.25, -0.2) is 25.3 Å². The molecule has 5 fully saturated rings. The van der Waals surface area contributed by atoms with E-state index in [1.54, 1.807) is 80.7 Å². The van der Waals surface area contributed by atoms with E-state index < -0.39 is 30.1 Å². The maximum Gasteiger partial charge on any atom is 1.00 e. The average molecular weight is 1580 g/mol. The fraction of sp³-hybridized carbons (Fsp3) is 0.679. The van der Waals surface area contributed by atoms with E-state index in [9.17, 15) is 25.3 Å². The Morgan fingerprint density at radius 1 is 0.600 bits per heavy atom. The summed E-state index contributed by atoms with van der Waals surface area (Å²) in [6.45, 7) is 29.5. The molecule has 8 rings (SSSR count). The maximum atomic E-state index is 12.8. The molecule has 0 aliphatic carbocycles. The predicted octanol–water partition coefficient (Wildman–Crippen LogP) is 8.35. The van der Waals surface area contributed by atoms with E-state index in [0.29, 0.717) is 64.6 Å². The molecule has 0 aromatic heterocycles. The van der Waals surface area contributed by atoms with Gasteiger partial charge in [0.2, 0.25) is 30.1 Å². The molecule has 3 aromatic rings. The number of nitrogens with zero attached hydrogens (tertiary/aromatic N) is 4. The molecule has 456 valence electrons. The smallest absolute Gasteiger partial charge is 1.00 e. The topological polar surface area (TPSA) is 178 Å². The van der Waals surface area contributed by atoms with Gasteiger partial charge < -0.3 is 24.6 Å². The molecule has 24 heteroatoms. The van der Waals surface area contributed by atoms with Crippen LogP contribution in [0, 0.1) is 23.7 Å². The van der Waals surface area contributed by atoms with Crippen molar-refractivity contribution in [3.8, 4) is 0 Å². The van der Waals surface area contributed by atoms with Gasteiger partial charge in [-0.1, -0.05) is 98.2 Å². The number of morpholine rings is 2. The van der Waals surface area contributed by atoms with E-state index >= 15 is 0 Å². The van der Waals surface area contributed by atoms with Crippen molar-refractivity contribution in [3.63, 3.8) is 0 Å². The zero-order chi connectivity index (χ0) is 58.6. The summed E-state index contributed by atoms with van der Waals surface area (Å²) in [6.07, 6.45) is 5.46. The summed E-state index contributed by atoms with van der Waals surface area (Å²) >= 11 is 13.1. The van der Waals surface area contributed by atoms with Crippen molar-refractivity contribution in [2.45, 2.75) is 154 Å². The number of halogens is 4. The fourth-order valence-electron chi connectivity index (χ4n) is 8.87. The van der Waals surface area contributed by atoms with Crippen LogP contribution in [0.3, 0.4) is 0 Å². The van der Waals surface area contributed by atoms with Crippen LogP contribution in [-0.2, 0) is 68.2 Å². The Morgan fingerprint density at radius 3 is 1.15 bits per heavy atom. The Morgan fingerprint density at radius 2 is 0.912 bits per heavy atom. The van der Waals surface area contributed by atoms with Gasteiger partial charge in [0.1, 0.15) is 0 Å². The Kier molecular flexibility index (Phi) is 43.6. The molecule has 15 nitrogen and oxygen atoms in total. The van der Waals surface area contributed by atoms with Crippen molar-refractivity contribution in [1.29, 1.82) is 0 Å². The van der Waals surface area contributed by atoms with E-state index in [1.165, 1.54) is 12.8 Å². The standard InChI is InChI=1S/C17H26N2O3S.C14H21NO3S.C13H18ClNO2S.C6H14.C4H9NO.CH3O.CH4.3HI.Na.V/c1-14-7-8-19(15(14)2)23(20,21)17-5-3-16(4-6-17)13-18-9-11-22-12-10-18;1-11-8-9-15(12(11)2)19(16,17)14-6-4-13(5-7-14)10-18-3;1-10-7-8-15(11(10)2)18(16,17)13-5-3-12(9-14)4-6-13;1-4-6(3)5-2;1-3-6-4-2-5-1;1-2;;;;;;/h3-6,14-15H,7-13H2,1-2H3;4-7,11-12H,8-10H2,1-3H3;3-6,10-11H,7-9H2,1-2H3;6H,4-5H2,1-3H3;5H,1-4H2;1H3;1H4;3*1H;;/q;;;;;-1;;;;;+1;+3/p-3. The van der Waals surface area contributed by atoms with Crippen molar-refractivity contribution in [2.24, 2.45) is 23.7 Å². The normalized spacial score (nSPS) is 22.6. The molecule has 0 bridgehead atoms. The number of benzene rings is 3. The number of sulfonamides is 3. The minimum Gasteiger partial charge on any atom is 1.00 e. The molecule has 80 heavy (non-hydrogen) atoms. The first-order valence-electron chi connectivity index (χ1n) is 27.1. The number of methoxy groups -OCH3 is 1. The molecular formula is C56H95ClI3N5NaO10S3V. The molecule has 0 saturated carbocycles. The minimum absolute atomic E-state index is 0. The van der Waals surface area contributed by atoms with Crippen LogP contribution in [-0.4, -0.2) is 148 Å². The van der Waals surface area contributed by atoms with E-state index in [4.69, 9.17) is 30.9 Å². The molecule has 5 aliphatic heterocycles. The van der Waals surface area contributed by atoms with Gasteiger partial charge in [0.25, 0.3) is 0 Å². The molecule has 5 heterocycles. The summed E-state index contributed by atoms with van der Waals surface area (Å²) < 4.78 is 95.9. The molecule has 0 radical (unpaired) electrons. The van der Waals surface area contributed by atoms with Gasteiger partial charge in [-0.05, 0) is 117 Å². The monoisotopic (exact) mass is 1580 g/mol. The Balaban J connectivity index is 0.00000101. The quantitative estimate of drug-likeness (QED) is 0.0985. The third-order valence-electron chi connectivity index (χ3n) is 15.1. The molecule has 6 unspecified atom stereocenters. The van der Waals surface area contributed by atoms with Gasteiger partial charge >= 0.3 is 94.4 Å². The number of nitrogens with one attached hydrogen (secondary N) is 1. The van der Waals surface area contributed by atoms with Crippen LogP contribution in [0.15, 0.2) is 87.5 Å². The average Bonchev–Trinajstić information content (AvgIpc) is 4.11. The van der Waals surface area contributed by atoms with Crippen LogP contribution in [0.25, 0.3) is 0 Å². The van der Waals surface area contributed by atoms with E-state index in [0.717, 1.165) is 108 Å². The summed E-state index contributed by atoms with van der Waals surface area (Å²) in [7, 11) is -7.71. The Hall–Kier alpha value is 1.21. The number of hydrogen-bond donors (Lipinski definition) is 1. The van der Waals surface area contributed by atoms with Gasteiger partial charge in [-0.2, -0.15) is 20.0 Å². The maximum absolute atomic E-state index is 12.8. The number of rotatable bonds is 13. The summed E-state index contributed by atoms with van der Waals surface area (Å²) in [4.78, 5) is 3.19. The Bertz CT molecular complexity index is 2420. The second kappa shape index (κ2) is 43.0. The first kappa shape index (κ1) is 81.2. The second-order valence-electron chi connectivity index (χ2n) is 20.2. The van der Waals surface area contributed by atoms with Crippen molar-refractivity contribution >= 4 is 102 Å². The van der Waals surface area contributed by atoms with E-state index in [2.05, 4.69) is 112 Å². The molecule has 1 N–H and O–H groups in total. The fourth-order valence-corrected chi connectivity index (χ4v) is 14.3. The van der Waals surface area contributed by atoms with Crippen molar-refractivity contribution < 1.29 is 79.0 Å². The molecule has 6 atom stereocenters. The van der Waals surface area contributed by atoms with Crippen LogP contribution in [0.2, 0.25) is 0 Å². The minimum atomic E-state index is -3.37. The molecule has 5 saturated heterocycles. The first-order chi connectivity index (χ1) is 36.9. The van der Waals surface area contributed by atoms with Gasteiger partial charge in [0.15, 0.2) is 0 Å². The SMILES string of the molecule is C.C1COCCN1.CC1CCN(S(=O)(=O)c2ccc(CCl)cc2)C1C.CC1CCN(S(=O)(=O)c2ccc(CN3CCOCC3)cc2)C1C.CCC(C)CC.COCc1ccc(S(=O)(=O)N2CCC(C)C2C)cc1.C[O-].[I][V]([I])[I].[Na+]. The van der Waals surface area contributed by atoms with Gasteiger partial charge in [0, 0.05) is 83.5 Å². The molecule has 0 spiro atoms. The number of hydrogen-bond acceptors (Lipinski definition) is 12. The van der Waals surface area contributed by atoms with Crippen LogP contribution in [0.1, 0.15) is 119 Å². The summed E-state index contributed by atoms with van der Waals surface area (Å²) in [5.41, 5.74) is 3.05. The van der Waals surface area contributed by atoms with Crippen molar-refractivity contribution in [1.82, 2.24) is 23.1 Å². The second-order valence-corrected chi connectivity index (χ2v) is 61.5. The Labute approximate surface area is 550 Å². The molecule has 5 aliphatic rings. The predicted molar refractivity (Wildman–Crippen MR) is 345 cm³/mol. The largest absolute Gasteiger partial charge is 1.00 e. The van der Waals surface area contributed by atoms with Crippen LogP contribution in [0.4, 0.5) is 0 Å². The summed E-state index contributed by atoms with van der Waals surface area (Å²) in [6, 6.07) is 21.4. The van der Waals surface area contributed by atoms with Gasteiger partial charge in [0.05, 0.1) is 47.7 Å². The van der Waals surface area contributed by atoms with E-state index in [1.807, 2.05) is 32.9 Å². The summed E-state index contributed by atoms with van der Waals surface area (Å²) in [5.74, 6) is 2.59. The van der Waals surface area contributed by atoms with Crippen molar-refractivity contribution in [3.05, 3.63) is 89.5 Å². The third-order valence-corrected chi connectivity index (χ3v) is 21.4. The molecular weight excluding hydrogens is 1490 g/mol. The van der Waals surface area contributed by atoms with Crippen LogP contribution < -0.4 is 40.0 Å². The molecule has 3 aromatic carbocycles. The van der Waals surface area contributed by atoms with Crippen LogP contribution in [0.5, 0.6) is 0 Å². The van der Waals surface area contributed by atoms with Gasteiger partial charge in [-0.3, -0.25) is 4.90 Å².